The van der Waals surface area contributed by atoms with Gasteiger partial charge in [-0.25, -0.2) is 0 Å². The minimum absolute atomic E-state index is 0.241. The van der Waals surface area contributed by atoms with Gasteiger partial charge in [0.05, 0.1) is 11.6 Å². The third-order valence-electron chi connectivity index (χ3n) is 4.16. The highest BCUT2D eigenvalue weighted by Gasteiger charge is 2.12. The number of nitrogens with zero attached hydrogens (tertiary/aromatic N) is 3. The summed E-state index contributed by atoms with van der Waals surface area (Å²) in [5, 5.41) is 22.9. The quantitative estimate of drug-likeness (QED) is 0.713. The summed E-state index contributed by atoms with van der Waals surface area (Å²) in [6.45, 7) is 4.01. The largest absolute Gasteiger partial charge is 0.339 e. The zero-order chi connectivity index (χ0) is 19.2. The van der Waals surface area contributed by atoms with E-state index < -0.39 is 0 Å². The third-order valence-corrected chi connectivity index (χ3v) is 4.16. The van der Waals surface area contributed by atoms with Gasteiger partial charge in [0.1, 0.15) is 0 Å². The van der Waals surface area contributed by atoms with E-state index in [1.165, 1.54) is 0 Å². The van der Waals surface area contributed by atoms with E-state index in [0.29, 0.717) is 11.4 Å². The molecule has 3 aromatic rings. The standard InChI is InChI=1S/C21H19N5O/c1-3-16-6-4-5-14(2)20(16)24-21(27)18-11-12-19(26-25-18)23-17-9-7-15(13-22)8-10-17/h4-12H,3H2,1-2H3,(H,23,26)(H,24,27). The summed E-state index contributed by atoms with van der Waals surface area (Å²) in [6.07, 6.45) is 0.830. The number of anilines is 3. The SMILES string of the molecule is CCc1cccc(C)c1NC(=O)c1ccc(Nc2ccc(C#N)cc2)nn1. The molecule has 3 rings (SSSR count). The van der Waals surface area contributed by atoms with Crippen molar-refractivity contribution in [2.75, 3.05) is 10.6 Å². The van der Waals surface area contributed by atoms with Crippen molar-refractivity contribution in [2.24, 2.45) is 0 Å². The number of para-hydroxylation sites is 1. The van der Waals surface area contributed by atoms with Gasteiger partial charge in [0.2, 0.25) is 0 Å². The Morgan fingerprint density at radius 3 is 2.48 bits per heavy atom. The summed E-state index contributed by atoms with van der Waals surface area (Å²) in [6, 6.07) is 18.3. The first-order valence-corrected chi connectivity index (χ1v) is 8.61. The Labute approximate surface area is 157 Å². The number of benzene rings is 2. The van der Waals surface area contributed by atoms with E-state index in [9.17, 15) is 4.79 Å². The van der Waals surface area contributed by atoms with Crippen LogP contribution in [0, 0.1) is 18.3 Å². The maximum Gasteiger partial charge on any atom is 0.276 e. The lowest BCUT2D eigenvalue weighted by atomic mass is 10.1. The number of carbonyl (C=O) groups excluding carboxylic acids is 1. The molecule has 0 saturated heterocycles. The monoisotopic (exact) mass is 357 g/mol. The van der Waals surface area contributed by atoms with Gasteiger partial charge in [0.25, 0.3) is 5.91 Å². The van der Waals surface area contributed by atoms with Crippen molar-refractivity contribution in [3.63, 3.8) is 0 Å². The molecule has 6 heteroatoms. The van der Waals surface area contributed by atoms with Crippen LogP contribution in [0.5, 0.6) is 0 Å². The Balaban J connectivity index is 1.71. The lowest BCUT2D eigenvalue weighted by Crippen LogP contribution is -2.16. The van der Waals surface area contributed by atoms with Crippen molar-refractivity contribution in [1.29, 1.82) is 5.26 Å². The van der Waals surface area contributed by atoms with Gasteiger partial charge < -0.3 is 10.6 Å². The molecule has 6 nitrogen and oxygen atoms in total. The molecule has 0 aliphatic carbocycles. The molecule has 1 heterocycles. The van der Waals surface area contributed by atoms with E-state index in [-0.39, 0.29) is 11.6 Å². The average molecular weight is 357 g/mol. The van der Waals surface area contributed by atoms with Crippen LogP contribution < -0.4 is 10.6 Å². The third kappa shape index (κ3) is 4.28. The fourth-order valence-electron chi connectivity index (χ4n) is 2.68. The van der Waals surface area contributed by atoms with Crippen LogP contribution in [0.15, 0.2) is 54.6 Å². The fourth-order valence-corrected chi connectivity index (χ4v) is 2.68. The van der Waals surface area contributed by atoms with Crippen LogP contribution in [0.2, 0.25) is 0 Å². The maximum atomic E-state index is 12.5. The van der Waals surface area contributed by atoms with Crippen molar-refractivity contribution in [3.05, 3.63) is 77.0 Å². The van der Waals surface area contributed by atoms with E-state index in [0.717, 1.165) is 28.9 Å². The lowest BCUT2D eigenvalue weighted by Gasteiger charge is -2.12. The molecule has 27 heavy (non-hydrogen) atoms. The minimum atomic E-state index is -0.295. The van der Waals surface area contributed by atoms with E-state index in [2.05, 4.69) is 26.9 Å². The highest BCUT2D eigenvalue weighted by molar-refractivity contribution is 6.03. The van der Waals surface area contributed by atoms with Crippen molar-refractivity contribution in [3.8, 4) is 6.07 Å². The Morgan fingerprint density at radius 1 is 1.07 bits per heavy atom. The van der Waals surface area contributed by atoms with Crippen molar-refractivity contribution < 1.29 is 4.79 Å². The summed E-state index contributed by atoms with van der Waals surface area (Å²) in [7, 11) is 0. The molecule has 0 spiro atoms. The molecular weight excluding hydrogens is 338 g/mol. The molecule has 0 aliphatic heterocycles. The van der Waals surface area contributed by atoms with Crippen LogP contribution in [0.1, 0.15) is 34.1 Å². The van der Waals surface area contributed by atoms with Gasteiger partial charge in [-0.15, -0.1) is 10.2 Å². The Kier molecular flexibility index (Phi) is 5.43. The minimum Gasteiger partial charge on any atom is -0.339 e. The van der Waals surface area contributed by atoms with E-state index in [1.807, 2.05) is 32.0 Å². The van der Waals surface area contributed by atoms with Crippen LogP contribution in [-0.2, 0) is 6.42 Å². The normalized spacial score (nSPS) is 10.1. The molecule has 2 N–H and O–H groups in total. The van der Waals surface area contributed by atoms with Crippen molar-refractivity contribution in [1.82, 2.24) is 10.2 Å². The van der Waals surface area contributed by atoms with Gasteiger partial charge in [0, 0.05) is 11.4 Å². The topological polar surface area (TPSA) is 90.7 Å². The van der Waals surface area contributed by atoms with E-state index in [1.54, 1.807) is 36.4 Å². The highest BCUT2D eigenvalue weighted by atomic mass is 16.1. The molecule has 0 saturated carbocycles. The van der Waals surface area contributed by atoms with Crippen molar-refractivity contribution in [2.45, 2.75) is 20.3 Å². The van der Waals surface area contributed by atoms with Gasteiger partial charge in [-0.2, -0.15) is 5.26 Å². The number of amides is 1. The molecule has 0 unspecified atom stereocenters. The van der Waals surface area contributed by atoms with Crippen LogP contribution in [0.25, 0.3) is 0 Å². The molecule has 1 amide bonds. The van der Waals surface area contributed by atoms with E-state index in [4.69, 9.17) is 5.26 Å². The predicted molar refractivity (Wildman–Crippen MR) is 105 cm³/mol. The molecular formula is C21H19N5O. The Hall–Kier alpha value is -3.72. The summed E-state index contributed by atoms with van der Waals surface area (Å²) >= 11 is 0. The molecule has 134 valence electrons. The second-order valence-electron chi connectivity index (χ2n) is 6.03. The van der Waals surface area contributed by atoms with Crippen molar-refractivity contribution >= 4 is 23.1 Å². The molecule has 0 bridgehead atoms. The van der Waals surface area contributed by atoms with Gasteiger partial charge in [-0.3, -0.25) is 4.79 Å². The Morgan fingerprint density at radius 2 is 1.85 bits per heavy atom. The molecule has 0 radical (unpaired) electrons. The van der Waals surface area contributed by atoms with Crippen LogP contribution >= 0.6 is 0 Å². The number of rotatable bonds is 5. The lowest BCUT2D eigenvalue weighted by molar-refractivity contribution is 0.102. The second kappa shape index (κ2) is 8.11. The first-order chi connectivity index (χ1) is 13.1. The van der Waals surface area contributed by atoms with Gasteiger partial charge in [-0.1, -0.05) is 25.1 Å². The average Bonchev–Trinajstić information content (AvgIpc) is 2.70. The molecule has 2 aromatic carbocycles. The first-order valence-electron chi connectivity index (χ1n) is 8.61. The molecule has 1 aromatic heterocycles. The first kappa shape index (κ1) is 18.1. The molecule has 0 aliphatic rings. The number of aryl methyl sites for hydroxylation is 2. The summed E-state index contributed by atoms with van der Waals surface area (Å²) in [4.78, 5) is 12.5. The van der Waals surface area contributed by atoms with Gasteiger partial charge in [0.15, 0.2) is 11.5 Å². The molecule has 0 atom stereocenters. The Bertz CT molecular complexity index is 989. The smallest absolute Gasteiger partial charge is 0.276 e. The highest BCUT2D eigenvalue weighted by Crippen LogP contribution is 2.22. The van der Waals surface area contributed by atoms with Crippen LogP contribution in [0.3, 0.4) is 0 Å². The fraction of sp³-hybridized carbons (Fsp3) is 0.143. The number of nitrogens with one attached hydrogen (secondary N) is 2. The van der Waals surface area contributed by atoms with Gasteiger partial charge >= 0.3 is 0 Å². The number of hydrogen-bond acceptors (Lipinski definition) is 5. The van der Waals surface area contributed by atoms with Crippen LogP contribution in [-0.4, -0.2) is 16.1 Å². The number of nitriles is 1. The summed E-state index contributed by atoms with van der Waals surface area (Å²) < 4.78 is 0. The van der Waals surface area contributed by atoms with Gasteiger partial charge in [-0.05, 0) is 60.9 Å². The number of hydrogen-bond donors (Lipinski definition) is 2. The van der Waals surface area contributed by atoms with Crippen LogP contribution in [0.4, 0.5) is 17.2 Å². The number of aromatic nitrogens is 2. The summed E-state index contributed by atoms with van der Waals surface area (Å²) in [5.41, 5.74) is 4.52. The zero-order valence-corrected chi connectivity index (χ0v) is 15.2. The van der Waals surface area contributed by atoms with E-state index >= 15 is 0 Å². The predicted octanol–water partition coefficient (Wildman–Crippen LogP) is 4.22. The molecule has 0 fully saturated rings. The maximum absolute atomic E-state index is 12.5. The summed E-state index contributed by atoms with van der Waals surface area (Å²) in [5.74, 6) is 0.220. The number of carbonyl (C=O) groups is 1. The second-order valence-corrected chi connectivity index (χ2v) is 6.03. The zero-order valence-electron chi connectivity index (χ0n) is 15.2.